The lowest BCUT2D eigenvalue weighted by Gasteiger charge is -2.35. The average Bonchev–Trinajstić information content (AvgIpc) is 3.26. The van der Waals surface area contributed by atoms with E-state index >= 15 is 0 Å². The topological polar surface area (TPSA) is 64.6 Å². The summed E-state index contributed by atoms with van der Waals surface area (Å²) in [7, 11) is 0. The predicted octanol–water partition coefficient (Wildman–Crippen LogP) is 2.88. The molecule has 7 nitrogen and oxygen atoms in total. The third-order valence-electron chi connectivity index (χ3n) is 5.38. The van der Waals surface area contributed by atoms with Crippen LogP contribution >= 0.6 is 0 Å². The van der Waals surface area contributed by atoms with Gasteiger partial charge >= 0.3 is 6.03 Å². The van der Waals surface area contributed by atoms with Crippen LogP contribution in [0, 0.1) is 12.7 Å². The van der Waals surface area contributed by atoms with E-state index in [0.717, 1.165) is 24.7 Å². The summed E-state index contributed by atoms with van der Waals surface area (Å²) in [5, 5.41) is 2.78. The number of urea groups is 1. The number of aromatic nitrogens is 2. The highest BCUT2D eigenvalue weighted by atomic mass is 19.1. The van der Waals surface area contributed by atoms with Crippen LogP contribution in [0.15, 0.2) is 30.6 Å². The van der Waals surface area contributed by atoms with Crippen LogP contribution in [-0.2, 0) is 0 Å². The van der Waals surface area contributed by atoms with Gasteiger partial charge in [-0.15, -0.1) is 0 Å². The molecule has 1 aromatic carbocycles. The molecule has 2 saturated heterocycles. The van der Waals surface area contributed by atoms with Crippen molar-refractivity contribution in [1.82, 2.24) is 14.9 Å². The normalized spacial score (nSPS) is 17.1. The van der Waals surface area contributed by atoms with Crippen LogP contribution < -0.4 is 15.1 Å². The quantitative estimate of drug-likeness (QED) is 0.882. The number of carbonyl (C=O) groups excluding carboxylic acids is 1. The van der Waals surface area contributed by atoms with Crippen molar-refractivity contribution in [1.29, 1.82) is 0 Å². The van der Waals surface area contributed by atoms with E-state index in [2.05, 4.69) is 25.1 Å². The molecule has 0 atom stereocenters. The second-order valence-electron chi connectivity index (χ2n) is 7.30. The van der Waals surface area contributed by atoms with E-state index in [4.69, 9.17) is 0 Å². The maximum atomic E-state index is 13.7. The van der Waals surface area contributed by atoms with Crippen molar-refractivity contribution in [3.63, 3.8) is 0 Å². The monoisotopic (exact) mass is 384 g/mol. The molecule has 0 radical (unpaired) electrons. The van der Waals surface area contributed by atoms with Gasteiger partial charge in [-0.25, -0.2) is 19.2 Å². The summed E-state index contributed by atoms with van der Waals surface area (Å²) < 4.78 is 13.7. The molecular formula is C20H25FN6O. The zero-order valence-corrected chi connectivity index (χ0v) is 16.1. The minimum Gasteiger partial charge on any atom is -0.356 e. The molecule has 2 aliphatic rings. The molecule has 2 aromatic rings. The number of halogens is 1. The summed E-state index contributed by atoms with van der Waals surface area (Å²) in [6.45, 7) is 6.36. The van der Waals surface area contributed by atoms with E-state index in [1.165, 1.54) is 18.9 Å². The summed E-state index contributed by atoms with van der Waals surface area (Å²) in [6.07, 6.45) is 4.03. The number of rotatable bonds is 3. The number of nitrogens with zero attached hydrogens (tertiary/aromatic N) is 5. The van der Waals surface area contributed by atoms with Crippen LogP contribution in [0.5, 0.6) is 0 Å². The summed E-state index contributed by atoms with van der Waals surface area (Å²) in [5.74, 6) is 1.56. The molecule has 2 amide bonds. The van der Waals surface area contributed by atoms with Gasteiger partial charge in [0.05, 0.1) is 0 Å². The molecule has 4 rings (SSSR count). The minimum atomic E-state index is -0.319. The first-order chi connectivity index (χ1) is 13.6. The molecule has 1 N–H and O–H groups in total. The van der Waals surface area contributed by atoms with Gasteiger partial charge in [0, 0.05) is 51.0 Å². The van der Waals surface area contributed by atoms with Gasteiger partial charge in [0.1, 0.15) is 23.8 Å². The Kier molecular flexibility index (Phi) is 5.27. The number of amides is 2. The minimum absolute atomic E-state index is 0.205. The van der Waals surface area contributed by atoms with Crippen LogP contribution in [0.25, 0.3) is 0 Å². The Morgan fingerprint density at radius 1 is 0.964 bits per heavy atom. The number of piperazine rings is 1. The maximum Gasteiger partial charge on any atom is 0.321 e. The van der Waals surface area contributed by atoms with Crippen molar-refractivity contribution in [3.8, 4) is 0 Å². The smallest absolute Gasteiger partial charge is 0.321 e. The Balaban J connectivity index is 1.34. The van der Waals surface area contributed by atoms with Crippen LogP contribution in [0.3, 0.4) is 0 Å². The highest BCUT2D eigenvalue weighted by Crippen LogP contribution is 2.22. The fourth-order valence-corrected chi connectivity index (χ4v) is 3.64. The zero-order valence-electron chi connectivity index (χ0n) is 16.1. The predicted molar refractivity (Wildman–Crippen MR) is 107 cm³/mol. The molecule has 3 heterocycles. The first kappa shape index (κ1) is 18.5. The van der Waals surface area contributed by atoms with E-state index in [1.54, 1.807) is 30.3 Å². The summed E-state index contributed by atoms with van der Waals surface area (Å²) in [4.78, 5) is 27.5. The molecule has 8 heteroatoms. The molecule has 0 aliphatic carbocycles. The summed E-state index contributed by atoms with van der Waals surface area (Å²) in [5.41, 5.74) is 1.03. The molecule has 1 aromatic heterocycles. The summed E-state index contributed by atoms with van der Waals surface area (Å²) in [6, 6.07) is 6.56. The second-order valence-corrected chi connectivity index (χ2v) is 7.30. The first-order valence-corrected chi connectivity index (χ1v) is 9.74. The van der Waals surface area contributed by atoms with E-state index < -0.39 is 0 Å². The SMILES string of the molecule is Cc1ccc(NC(=O)N2CCN(c3cc(N4CCCC4)ncn3)CC2)cc1F. The number of nitrogens with one attached hydrogen (secondary N) is 1. The van der Waals surface area contributed by atoms with E-state index in [1.807, 2.05) is 6.07 Å². The molecule has 0 saturated carbocycles. The lowest BCUT2D eigenvalue weighted by atomic mass is 10.2. The number of benzene rings is 1. The molecule has 0 bridgehead atoms. The highest BCUT2D eigenvalue weighted by Gasteiger charge is 2.23. The van der Waals surface area contributed by atoms with Crippen LogP contribution in [-0.4, -0.2) is 60.2 Å². The molecule has 2 aliphatic heterocycles. The number of hydrogen-bond acceptors (Lipinski definition) is 5. The standard InChI is InChI=1S/C20H25FN6O/c1-15-4-5-16(12-17(15)21)24-20(28)27-10-8-26(9-11-27)19-13-18(22-14-23-19)25-6-2-3-7-25/h4-5,12-14H,2-3,6-11H2,1H3,(H,24,28). The van der Waals surface area contributed by atoms with Crippen molar-refractivity contribution < 1.29 is 9.18 Å². The lowest BCUT2D eigenvalue weighted by molar-refractivity contribution is 0.208. The van der Waals surface area contributed by atoms with Gasteiger partial charge in [-0.2, -0.15) is 0 Å². The number of hydrogen-bond donors (Lipinski definition) is 1. The third-order valence-corrected chi connectivity index (χ3v) is 5.38. The Bertz CT molecular complexity index is 846. The van der Waals surface area contributed by atoms with Crippen molar-refractivity contribution >= 4 is 23.4 Å². The van der Waals surface area contributed by atoms with Gasteiger partial charge in [0.2, 0.25) is 0 Å². The van der Waals surface area contributed by atoms with Crippen molar-refractivity contribution in [3.05, 3.63) is 42.0 Å². The van der Waals surface area contributed by atoms with Crippen LogP contribution in [0.2, 0.25) is 0 Å². The molecule has 0 unspecified atom stereocenters. The van der Waals surface area contributed by atoms with Crippen molar-refractivity contribution in [2.75, 3.05) is 54.4 Å². The van der Waals surface area contributed by atoms with Crippen molar-refractivity contribution in [2.45, 2.75) is 19.8 Å². The van der Waals surface area contributed by atoms with Gasteiger partial charge in [0.15, 0.2) is 0 Å². The largest absolute Gasteiger partial charge is 0.356 e. The van der Waals surface area contributed by atoms with Gasteiger partial charge < -0.3 is 20.0 Å². The van der Waals surface area contributed by atoms with Gasteiger partial charge in [-0.05, 0) is 37.5 Å². The van der Waals surface area contributed by atoms with Gasteiger partial charge in [-0.3, -0.25) is 0 Å². The van der Waals surface area contributed by atoms with Gasteiger partial charge in [-0.1, -0.05) is 6.07 Å². The number of anilines is 3. The third kappa shape index (κ3) is 4.00. The molecule has 148 valence electrons. The molecule has 28 heavy (non-hydrogen) atoms. The van der Waals surface area contributed by atoms with Gasteiger partial charge in [0.25, 0.3) is 0 Å². The van der Waals surface area contributed by atoms with E-state index in [9.17, 15) is 9.18 Å². The number of aryl methyl sites for hydroxylation is 1. The van der Waals surface area contributed by atoms with Crippen LogP contribution in [0.1, 0.15) is 18.4 Å². The van der Waals surface area contributed by atoms with Crippen molar-refractivity contribution in [2.24, 2.45) is 0 Å². The van der Waals surface area contributed by atoms with Crippen LogP contribution in [0.4, 0.5) is 26.5 Å². The zero-order chi connectivity index (χ0) is 19.5. The molecule has 0 spiro atoms. The fraction of sp³-hybridized carbons (Fsp3) is 0.450. The second kappa shape index (κ2) is 8.00. The highest BCUT2D eigenvalue weighted by molar-refractivity contribution is 5.89. The van der Waals surface area contributed by atoms with E-state index in [0.29, 0.717) is 37.4 Å². The lowest BCUT2D eigenvalue weighted by Crippen LogP contribution is -2.50. The Morgan fingerprint density at radius 3 is 2.25 bits per heavy atom. The fourth-order valence-electron chi connectivity index (χ4n) is 3.64. The Morgan fingerprint density at radius 2 is 1.61 bits per heavy atom. The van der Waals surface area contributed by atoms with E-state index in [-0.39, 0.29) is 11.8 Å². The Hall–Kier alpha value is -2.90. The maximum absolute atomic E-state index is 13.7. The average molecular weight is 384 g/mol. The Labute approximate surface area is 164 Å². The molecule has 2 fully saturated rings. The molecular weight excluding hydrogens is 359 g/mol. The number of carbonyl (C=O) groups is 1. The first-order valence-electron chi connectivity index (χ1n) is 9.74. The summed E-state index contributed by atoms with van der Waals surface area (Å²) >= 11 is 0.